The van der Waals surface area contributed by atoms with Crippen molar-refractivity contribution in [2.75, 3.05) is 18.4 Å². The van der Waals surface area contributed by atoms with E-state index < -0.39 is 0 Å². The van der Waals surface area contributed by atoms with Crippen LogP contribution in [0.2, 0.25) is 0 Å². The van der Waals surface area contributed by atoms with Gasteiger partial charge in [0, 0.05) is 23.2 Å². The summed E-state index contributed by atoms with van der Waals surface area (Å²) in [7, 11) is 0. The van der Waals surface area contributed by atoms with E-state index in [9.17, 15) is 9.59 Å². The molecule has 21 heavy (non-hydrogen) atoms. The molecule has 3 heterocycles. The Morgan fingerprint density at radius 2 is 2.33 bits per heavy atom. The highest BCUT2D eigenvalue weighted by atomic mass is 32.1. The summed E-state index contributed by atoms with van der Waals surface area (Å²) in [5.41, 5.74) is 0.880. The molecule has 0 aromatic carbocycles. The maximum atomic E-state index is 11.9. The second-order valence-electron chi connectivity index (χ2n) is 4.92. The molecule has 7 heteroatoms. The highest BCUT2D eigenvalue weighted by Gasteiger charge is 2.22. The van der Waals surface area contributed by atoms with Crippen molar-refractivity contribution < 1.29 is 9.59 Å². The van der Waals surface area contributed by atoms with E-state index in [1.807, 2.05) is 11.4 Å². The highest BCUT2D eigenvalue weighted by Crippen LogP contribution is 2.30. The molecule has 2 aromatic heterocycles. The standard InChI is InChI=1S/C14H15N3O2S2/c1-9-4-5-11(21-9)10-8-20-14(15-10)16-12(18)7-17-6-2-3-13(17)19/h4-5,8H,2-3,6-7H2,1H3,(H,15,16,18). The molecule has 0 bridgehead atoms. The Labute approximate surface area is 130 Å². The van der Waals surface area contributed by atoms with Gasteiger partial charge in [-0.2, -0.15) is 0 Å². The van der Waals surface area contributed by atoms with Crippen LogP contribution in [0.5, 0.6) is 0 Å². The van der Waals surface area contributed by atoms with Crippen LogP contribution in [0.1, 0.15) is 17.7 Å². The zero-order chi connectivity index (χ0) is 14.8. The van der Waals surface area contributed by atoms with Crippen LogP contribution in [0.4, 0.5) is 5.13 Å². The number of carbonyl (C=O) groups is 2. The van der Waals surface area contributed by atoms with Crippen LogP contribution >= 0.6 is 22.7 Å². The molecular formula is C14H15N3O2S2. The topological polar surface area (TPSA) is 62.3 Å². The van der Waals surface area contributed by atoms with Gasteiger partial charge in [-0.05, 0) is 25.5 Å². The third-order valence-electron chi connectivity index (χ3n) is 3.25. The average Bonchev–Trinajstić information content (AvgIpc) is 3.13. The van der Waals surface area contributed by atoms with Gasteiger partial charge in [-0.15, -0.1) is 22.7 Å². The van der Waals surface area contributed by atoms with Crippen LogP contribution in [0, 0.1) is 6.92 Å². The predicted octanol–water partition coefficient (Wildman–Crippen LogP) is 2.74. The molecule has 5 nitrogen and oxygen atoms in total. The average molecular weight is 321 g/mol. The molecule has 0 unspecified atom stereocenters. The molecule has 1 aliphatic heterocycles. The number of thiazole rings is 1. The van der Waals surface area contributed by atoms with Gasteiger partial charge >= 0.3 is 0 Å². The fourth-order valence-corrected chi connectivity index (χ4v) is 3.85. The van der Waals surface area contributed by atoms with Crippen molar-refractivity contribution in [1.82, 2.24) is 9.88 Å². The van der Waals surface area contributed by atoms with Crippen LogP contribution < -0.4 is 5.32 Å². The second kappa shape index (κ2) is 5.95. The summed E-state index contributed by atoms with van der Waals surface area (Å²) in [6, 6.07) is 4.08. The number of thiophene rings is 1. The lowest BCUT2D eigenvalue weighted by Crippen LogP contribution is -2.33. The molecule has 0 saturated carbocycles. The van der Waals surface area contributed by atoms with Crippen molar-refractivity contribution in [3.63, 3.8) is 0 Å². The first-order valence-electron chi connectivity index (χ1n) is 6.72. The van der Waals surface area contributed by atoms with Crippen LogP contribution in [-0.4, -0.2) is 34.8 Å². The van der Waals surface area contributed by atoms with Gasteiger partial charge in [0.05, 0.1) is 17.1 Å². The Hall–Kier alpha value is -1.73. The van der Waals surface area contributed by atoms with Crippen molar-refractivity contribution in [2.24, 2.45) is 0 Å². The second-order valence-corrected chi connectivity index (χ2v) is 7.06. The molecule has 1 aliphatic rings. The molecule has 0 aliphatic carbocycles. The fourth-order valence-electron chi connectivity index (χ4n) is 2.22. The SMILES string of the molecule is Cc1ccc(-c2csc(NC(=O)CN3CCCC3=O)n2)s1. The van der Waals surface area contributed by atoms with E-state index in [1.165, 1.54) is 16.2 Å². The normalized spacial score (nSPS) is 14.7. The lowest BCUT2D eigenvalue weighted by Gasteiger charge is -2.13. The third kappa shape index (κ3) is 3.30. The summed E-state index contributed by atoms with van der Waals surface area (Å²) < 4.78 is 0. The zero-order valence-electron chi connectivity index (χ0n) is 11.6. The molecule has 2 aromatic rings. The molecule has 1 fully saturated rings. The van der Waals surface area contributed by atoms with Gasteiger partial charge in [0.2, 0.25) is 11.8 Å². The Balaban J connectivity index is 1.61. The minimum absolute atomic E-state index is 0.0547. The van der Waals surface area contributed by atoms with Crippen LogP contribution in [0.3, 0.4) is 0 Å². The maximum absolute atomic E-state index is 11.9. The third-order valence-corrected chi connectivity index (χ3v) is 5.03. The molecule has 110 valence electrons. The van der Waals surface area contributed by atoms with Crippen molar-refractivity contribution >= 4 is 39.6 Å². The number of anilines is 1. The van der Waals surface area contributed by atoms with E-state index in [2.05, 4.69) is 23.3 Å². The summed E-state index contributed by atoms with van der Waals surface area (Å²) in [5, 5.41) is 5.27. The number of hydrogen-bond donors (Lipinski definition) is 1. The molecule has 0 radical (unpaired) electrons. The Morgan fingerprint density at radius 3 is 3.00 bits per heavy atom. The van der Waals surface area contributed by atoms with E-state index in [1.54, 1.807) is 16.2 Å². The number of aryl methyl sites for hydroxylation is 1. The number of nitrogens with one attached hydrogen (secondary N) is 1. The van der Waals surface area contributed by atoms with Gasteiger partial charge in [0.15, 0.2) is 5.13 Å². The predicted molar refractivity (Wildman–Crippen MR) is 84.6 cm³/mol. The van der Waals surface area contributed by atoms with Gasteiger partial charge in [0.1, 0.15) is 0 Å². The van der Waals surface area contributed by atoms with Gasteiger partial charge in [-0.3, -0.25) is 9.59 Å². The van der Waals surface area contributed by atoms with Crippen LogP contribution in [0.25, 0.3) is 10.6 Å². The Kier molecular flexibility index (Phi) is 4.03. The molecule has 0 spiro atoms. The number of hydrogen-bond acceptors (Lipinski definition) is 5. The van der Waals surface area contributed by atoms with Crippen molar-refractivity contribution in [1.29, 1.82) is 0 Å². The fraction of sp³-hybridized carbons (Fsp3) is 0.357. The molecule has 3 rings (SSSR count). The monoisotopic (exact) mass is 321 g/mol. The van der Waals surface area contributed by atoms with Crippen molar-refractivity contribution in [2.45, 2.75) is 19.8 Å². The van der Waals surface area contributed by atoms with E-state index in [0.717, 1.165) is 17.0 Å². The van der Waals surface area contributed by atoms with Gasteiger partial charge in [-0.25, -0.2) is 4.98 Å². The van der Waals surface area contributed by atoms with Crippen LogP contribution in [-0.2, 0) is 9.59 Å². The minimum atomic E-state index is -0.187. The molecular weight excluding hydrogens is 306 g/mol. The zero-order valence-corrected chi connectivity index (χ0v) is 13.2. The molecule has 0 atom stereocenters. The van der Waals surface area contributed by atoms with E-state index in [-0.39, 0.29) is 18.4 Å². The van der Waals surface area contributed by atoms with Crippen molar-refractivity contribution in [3.8, 4) is 10.6 Å². The molecule has 1 saturated heterocycles. The summed E-state index contributed by atoms with van der Waals surface area (Å²) in [5.74, 6) is -0.132. The summed E-state index contributed by atoms with van der Waals surface area (Å²) >= 11 is 3.08. The lowest BCUT2D eigenvalue weighted by molar-refractivity contribution is -0.131. The van der Waals surface area contributed by atoms with Gasteiger partial charge in [0.25, 0.3) is 0 Å². The number of nitrogens with zero attached hydrogens (tertiary/aromatic N) is 2. The minimum Gasteiger partial charge on any atom is -0.333 e. The Bertz CT molecular complexity index is 677. The summed E-state index contributed by atoms with van der Waals surface area (Å²) in [6.07, 6.45) is 1.39. The first-order valence-corrected chi connectivity index (χ1v) is 8.41. The number of aromatic nitrogens is 1. The maximum Gasteiger partial charge on any atom is 0.245 e. The number of carbonyl (C=O) groups excluding carboxylic acids is 2. The van der Waals surface area contributed by atoms with E-state index >= 15 is 0 Å². The van der Waals surface area contributed by atoms with E-state index in [0.29, 0.717) is 18.1 Å². The summed E-state index contributed by atoms with van der Waals surface area (Å²) in [4.78, 5) is 31.8. The number of amides is 2. The quantitative estimate of drug-likeness (QED) is 0.942. The smallest absolute Gasteiger partial charge is 0.245 e. The molecule has 1 N–H and O–H groups in total. The lowest BCUT2D eigenvalue weighted by atomic mass is 10.4. The first kappa shape index (κ1) is 14.2. The van der Waals surface area contributed by atoms with Crippen molar-refractivity contribution in [3.05, 3.63) is 22.4 Å². The largest absolute Gasteiger partial charge is 0.333 e. The van der Waals surface area contributed by atoms with Crippen LogP contribution in [0.15, 0.2) is 17.5 Å². The number of likely N-dealkylation sites (tertiary alicyclic amines) is 1. The first-order chi connectivity index (χ1) is 10.1. The molecule has 2 amide bonds. The van der Waals surface area contributed by atoms with Gasteiger partial charge in [-0.1, -0.05) is 0 Å². The number of rotatable bonds is 4. The Morgan fingerprint density at radius 1 is 1.48 bits per heavy atom. The van der Waals surface area contributed by atoms with Gasteiger partial charge < -0.3 is 10.2 Å². The van der Waals surface area contributed by atoms with E-state index in [4.69, 9.17) is 0 Å². The summed E-state index contributed by atoms with van der Waals surface area (Å²) in [6.45, 7) is 2.84. The highest BCUT2D eigenvalue weighted by molar-refractivity contribution is 7.17.